The number of rotatable bonds is 0. The van der Waals surface area contributed by atoms with Gasteiger partial charge in [0, 0.05) is 0 Å². The van der Waals surface area contributed by atoms with Crippen LogP contribution in [0.15, 0.2) is 0 Å². The van der Waals surface area contributed by atoms with Crippen LogP contribution < -0.4 is 0 Å². The molecule has 1 rings (SSSR count). The third-order valence-electron chi connectivity index (χ3n) is 1.97. The Hall–Kier alpha value is 1.44. The second-order valence-corrected chi connectivity index (χ2v) is 24.3. The van der Waals surface area contributed by atoms with Gasteiger partial charge >= 0.3 is 110 Å². The summed E-state index contributed by atoms with van der Waals surface area (Å²) in [4.78, 5) is 8.33. The maximum absolute atomic E-state index is 6.08. The minimum absolute atomic E-state index is 0. The molecule has 1 heterocycles. The molecule has 0 N–H and O–H groups in total. The minimum atomic E-state index is -2.99. The Kier molecular flexibility index (Phi) is 13.1. The molecule has 20 heavy (non-hydrogen) atoms. The summed E-state index contributed by atoms with van der Waals surface area (Å²) in [7, 11) is 0. The Morgan fingerprint density at radius 3 is 0.800 bits per heavy atom. The predicted octanol–water partition coefficient (Wildman–Crippen LogP) is 5.49. The van der Waals surface area contributed by atoms with Gasteiger partial charge in [0.1, 0.15) is 0 Å². The van der Waals surface area contributed by atoms with Gasteiger partial charge < -0.3 is 0 Å². The van der Waals surface area contributed by atoms with E-state index in [-0.39, 0.29) is 29.7 Å². The molecule has 0 atom stereocenters. The zero-order valence-corrected chi connectivity index (χ0v) is 17.3. The van der Waals surface area contributed by atoms with Gasteiger partial charge in [0.25, 0.3) is 0 Å². The predicted molar refractivity (Wildman–Crippen MR) is 94.4 cm³/mol. The topological polar surface area (TPSA) is 36.9 Å². The van der Waals surface area contributed by atoms with Gasteiger partial charge in [-0.15, -0.1) is 0 Å². The van der Waals surface area contributed by atoms with Gasteiger partial charge in [0.15, 0.2) is 0 Å². The molecule has 0 aromatic carbocycles. The molecule has 128 valence electrons. The molecule has 1 aliphatic heterocycles. The molecule has 0 aromatic rings. The molecule has 0 radical (unpaired) electrons. The standard InChI is InChI=1S/2C3H6O2.4CH4.4CH3.2Sn/c2*1-3(2,4)5;;;;;;;;;;/h2*1-2H3;4*1H4;4*1H3;;/q2*-2;;;;;;;;;2*+2. The summed E-state index contributed by atoms with van der Waals surface area (Å²) in [5.41, 5.74) is 0. The Morgan fingerprint density at radius 2 is 0.650 bits per heavy atom. The van der Waals surface area contributed by atoms with Crippen molar-refractivity contribution in [2.75, 3.05) is 0 Å². The summed E-state index contributed by atoms with van der Waals surface area (Å²) in [6, 6.07) is 0. The van der Waals surface area contributed by atoms with E-state index in [1.54, 1.807) is 0 Å². The SMILES string of the molecule is C.C.C.C.CC1(C)[O][Sn]([CH3])([CH3])[O]C(C)(C)[O][Sn]([CH3])([CH3])[O]1. The van der Waals surface area contributed by atoms with Crippen LogP contribution >= 0.6 is 0 Å². The molecule has 0 amide bonds. The van der Waals surface area contributed by atoms with Crippen molar-refractivity contribution in [2.45, 2.75) is 88.7 Å². The van der Waals surface area contributed by atoms with Crippen molar-refractivity contribution in [3.05, 3.63) is 0 Å². The van der Waals surface area contributed by atoms with Crippen molar-refractivity contribution in [1.82, 2.24) is 0 Å². The molecule has 1 saturated heterocycles. The first kappa shape index (κ1) is 29.4. The van der Waals surface area contributed by atoms with Gasteiger partial charge in [-0.25, -0.2) is 0 Å². The fourth-order valence-electron chi connectivity index (χ4n) is 2.45. The molecular weight excluding hydrogens is 470 g/mol. The normalized spacial score (nSPS) is 25.2. The summed E-state index contributed by atoms with van der Waals surface area (Å²) in [6.07, 6.45) is 0. The van der Waals surface area contributed by atoms with Gasteiger partial charge in [-0.05, 0) is 0 Å². The van der Waals surface area contributed by atoms with Crippen molar-refractivity contribution >= 4 is 38.4 Å². The van der Waals surface area contributed by atoms with Gasteiger partial charge in [-0.1, -0.05) is 29.7 Å². The fourth-order valence-corrected chi connectivity index (χ4v) is 18.0. The van der Waals surface area contributed by atoms with Crippen LogP contribution in [-0.2, 0) is 12.3 Å². The van der Waals surface area contributed by atoms with Crippen LogP contribution in [0.3, 0.4) is 0 Å². The van der Waals surface area contributed by atoms with Crippen molar-refractivity contribution < 1.29 is 12.3 Å². The first-order valence-corrected chi connectivity index (χ1v) is 21.7. The monoisotopic (exact) mass is 512 g/mol. The molecule has 0 aromatic heterocycles. The molecule has 0 bridgehead atoms. The van der Waals surface area contributed by atoms with Crippen molar-refractivity contribution in [3.63, 3.8) is 0 Å². The van der Waals surface area contributed by atoms with Crippen LogP contribution in [0.25, 0.3) is 0 Å². The average molecular weight is 510 g/mol. The molecule has 1 fully saturated rings. The number of hydrogen-bond donors (Lipinski definition) is 0. The molecule has 0 spiro atoms. The van der Waals surface area contributed by atoms with Crippen LogP contribution in [-0.4, -0.2) is 50.0 Å². The third-order valence-corrected chi connectivity index (χ3v) is 13.2. The quantitative estimate of drug-likeness (QED) is 0.405. The molecule has 0 unspecified atom stereocenters. The van der Waals surface area contributed by atoms with E-state index >= 15 is 0 Å². The first-order chi connectivity index (χ1) is 6.83. The Balaban J connectivity index is -0.000000320. The van der Waals surface area contributed by atoms with E-state index in [0.29, 0.717) is 0 Å². The van der Waals surface area contributed by atoms with Gasteiger partial charge in [-0.3, -0.25) is 0 Å². The Labute approximate surface area is 138 Å². The zero-order chi connectivity index (χ0) is 12.8. The van der Waals surface area contributed by atoms with E-state index in [4.69, 9.17) is 12.3 Å². The van der Waals surface area contributed by atoms with Crippen molar-refractivity contribution in [2.24, 2.45) is 0 Å². The summed E-state index contributed by atoms with van der Waals surface area (Å²) in [5.74, 6) is -1.15. The van der Waals surface area contributed by atoms with Gasteiger partial charge in [-0.2, -0.15) is 0 Å². The fraction of sp³-hybridized carbons (Fsp3) is 1.00. The van der Waals surface area contributed by atoms with Crippen LogP contribution in [0.1, 0.15) is 57.4 Å². The second kappa shape index (κ2) is 8.91. The average Bonchev–Trinajstić information content (AvgIpc) is 1.67. The molecule has 1 aliphatic rings. The van der Waals surface area contributed by atoms with Gasteiger partial charge in [0.2, 0.25) is 0 Å². The Morgan fingerprint density at radius 1 is 0.500 bits per heavy atom. The van der Waals surface area contributed by atoms with Crippen LogP contribution in [0.4, 0.5) is 0 Å². The summed E-state index contributed by atoms with van der Waals surface area (Å²) in [6.45, 7) is 7.82. The summed E-state index contributed by atoms with van der Waals surface area (Å²) in [5, 5.41) is 0. The van der Waals surface area contributed by atoms with E-state index < -0.39 is 50.0 Å². The molecule has 6 heteroatoms. The maximum atomic E-state index is 6.08. The second-order valence-electron chi connectivity index (χ2n) is 6.01. The van der Waals surface area contributed by atoms with Gasteiger partial charge in [0.05, 0.1) is 0 Å². The molecular formula is C14H40O4Sn2. The van der Waals surface area contributed by atoms with Crippen molar-refractivity contribution in [1.29, 1.82) is 0 Å². The van der Waals surface area contributed by atoms with Crippen LogP contribution in [0, 0.1) is 0 Å². The van der Waals surface area contributed by atoms with E-state index in [9.17, 15) is 0 Å². The summed E-state index contributed by atoms with van der Waals surface area (Å²) < 4.78 is 24.3. The van der Waals surface area contributed by atoms with E-state index in [0.717, 1.165) is 0 Å². The van der Waals surface area contributed by atoms with Crippen molar-refractivity contribution in [3.8, 4) is 0 Å². The molecule has 4 nitrogen and oxygen atoms in total. The van der Waals surface area contributed by atoms with Crippen LogP contribution in [0.2, 0.25) is 19.8 Å². The van der Waals surface area contributed by atoms with E-state index in [2.05, 4.69) is 19.8 Å². The molecule has 0 aliphatic carbocycles. The van der Waals surface area contributed by atoms with E-state index in [1.807, 2.05) is 27.7 Å². The third kappa shape index (κ3) is 10.2. The first-order valence-electron chi connectivity index (χ1n) is 5.63. The van der Waals surface area contributed by atoms with Crippen LogP contribution in [0.5, 0.6) is 0 Å². The Bertz CT molecular complexity index is 204. The number of hydrogen-bond acceptors (Lipinski definition) is 4. The van der Waals surface area contributed by atoms with E-state index in [1.165, 1.54) is 0 Å². The summed E-state index contributed by atoms with van der Waals surface area (Å²) >= 11 is -5.98. The molecule has 0 saturated carbocycles. The zero-order valence-electron chi connectivity index (χ0n) is 11.6.